The fraction of sp³-hybridized carbons (Fsp3) is 0.423. The second kappa shape index (κ2) is 11.4. The number of nitrogens with one attached hydrogen (secondary N) is 1. The number of halogens is 6. The van der Waals surface area contributed by atoms with E-state index in [0.717, 1.165) is 10.5 Å². The molecule has 1 aliphatic heterocycles. The molecule has 0 radical (unpaired) electrons. The van der Waals surface area contributed by atoms with Crippen LogP contribution >= 0.6 is 0 Å². The Bertz CT molecular complexity index is 1130. The number of alkyl halides is 6. The van der Waals surface area contributed by atoms with Crippen LogP contribution in [0.1, 0.15) is 41.5 Å². The van der Waals surface area contributed by atoms with Gasteiger partial charge >= 0.3 is 12.4 Å². The van der Waals surface area contributed by atoms with Crippen molar-refractivity contribution in [2.24, 2.45) is 5.92 Å². The molecule has 2 atom stereocenters. The Kier molecular flexibility index (Phi) is 8.73. The highest BCUT2D eigenvalue weighted by molar-refractivity contribution is 5.84. The number of carbonyl (C=O) groups excluding carboxylic acids is 3. The number of likely N-dealkylation sites (tertiary alicyclic amines) is 1. The normalized spacial score (nSPS) is 18.2. The molecule has 1 heterocycles. The summed E-state index contributed by atoms with van der Waals surface area (Å²) in [7, 11) is 1.33. The van der Waals surface area contributed by atoms with Gasteiger partial charge in [-0.15, -0.1) is 0 Å². The highest BCUT2D eigenvalue weighted by Gasteiger charge is 2.39. The molecular formula is C26H27F6N3O3. The van der Waals surface area contributed by atoms with Gasteiger partial charge in [0.05, 0.1) is 17.7 Å². The van der Waals surface area contributed by atoms with E-state index in [1.165, 1.54) is 18.9 Å². The number of piperidine rings is 1. The van der Waals surface area contributed by atoms with Crippen LogP contribution in [0.4, 0.5) is 26.3 Å². The van der Waals surface area contributed by atoms with Gasteiger partial charge in [-0.3, -0.25) is 14.4 Å². The lowest BCUT2D eigenvalue weighted by Crippen LogP contribution is -2.49. The molecule has 12 heteroatoms. The van der Waals surface area contributed by atoms with Crippen molar-refractivity contribution in [2.75, 3.05) is 26.7 Å². The van der Waals surface area contributed by atoms with Crippen LogP contribution in [0.5, 0.6) is 0 Å². The lowest BCUT2D eigenvalue weighted by molar-refractivity contribution is -0.143. The van der Waals surface area contributed by atoms with Gasteiger partial charge in [0, 0.05) is 45.4 Å². The minimum absolute atomic E-state index is 0.0461. The molecule has 6 nitrogen and oxygen atoms in total. The summed E-state index contributed by atoms with van der Waals surface area (Å²) in [4.78, 5) is 39.9. The van der Waals surface area contributed by atoms with Gasteiger partial charge in [0.1, 0.15) is 0 Å². The maximum atomic E-state index is 13.5. The van der Waals surface area contributed by atoms with Gasteiger partial charge in [-0.05, 0) is 35.7 Å². The number of carbonyl (C=O) groups is 3. The molecule has 1 aliphatic rings. The van der Waals surface area contributed by atoms with E-state index in [1.54, 1.807) is 30.3 Å². The average Bonchev–Trinajstić information content (AvgIpc) is 2.85. The molecule has 206 valence electrons. The maximum absolute atomic E-state index is 13.5. The van der Waals surface area contributed by atoms with E-state index in [1.807, 2.05) is 0 Å². The number of hydrogen-bond acceptors (Lipinski definition) is 3. The van der Waals surface area contributed by atoms with Crippen LogP contribution in [-0.4, -0.2) is 54.2 Å². The molecule has 3 rings (SSSR count). The van der Waals surface area contributed by atoms with Gasteiger partial charge in [-0.2, -0.15) is 26.3 Å². The largest absolute Gasteiger partial charge is 0.416 e. The van der Waals surface area contributed by atoms with Crippen LogP contribution in [0.3, 0.4) is 0 Å². The summed E-state index contributed by atoms with van der Waals surface area (Å²) in [6, 6.07) is 10.1. The summed E-state index contributed by atoms with van der Waals surface area (Å²) >= 11 is 0. The van der Waals surface area contributed by atoms with Crippen molar-refractivity contribution in [1.29, 1.82) is 0 Å². The number of benzene rings is 2. The molecule has 0 saturated carbocycles. The summed E-state index contributed by atoms with van der Waals surface area (Å²) < 4.78 is 79.6. The van der Waals surface area contributed by atoms with Crippen LogP contribution in [0, 0.1) is 5.92 Å². The van der Waals surface area contributed by atoms with E-state index in [9.17, 15) is 40.7 Å². The van der Waals surface area contributed by atoms with E-state index in [4.69, 9.17) is 0 Å². The third-order valence-corrected chi connectivity index (χ3v) is 6.44. The maximum Gasteiger partial charge on any atom is 0.416 e. The molecule has 1 saturated heterocycles. The third-order valence-electron chi connectivity index (χ3n) is 6.44. The highest BCUT2D eigenvalue weighted by Crippen LogP contribution is 2.37. The minimum atomic E-state index is -4.99. The molecule has 1 fully saturated rings. The lowest BCUT2D eigenvalue weighted by Gasteiger charge is -2.39. The van der Waals surface area contributed by atoms with E-state index < -0.39 is 47.8 Å². The first kappa shape index (κ1) is 29.0. The smallest absolute Gasteiger partial charge is 0.347 e. The van der Waals surface area contributed by atoms with Gasteiger partial charge in [0.15, 0.2) is 0 Å². The average molecular weight is 544 g/mol. The van der Waals surface area contributed by atoms with Gasteiger partial charge in [-0.25, -0.2) is 0 Å². The Morgan fingerprint density at radius 3 is 2.08 bits per heavy atom. The minimum Gasteiger partial charge on any atom is -0.347 e. The first-order valence-corrected chi connectivity index (χ1v) is 11.8. The summed E-state index contributed by atoms with van der Waals surface area (Å²) in [6.45, 7) is 0.979. The summed E-state index contributed by atoms with van der Waals surface area (Å²) in [5, 5.41) is 2.44. The van der Waals surface area contributed by atoms with Crippen molar-refractivity contribution in [3.63, 3.8) is 0 Å². The van der Waals surface area contributed by atoms with Crippen LogP contribution in [0.15, 0.2) is 48.5 Å². The highest BCUT2D eigenvalue weighted by atomic mass is 19.4. The fourth-order valence-corrected chi connectivity index (χ4v) is 4.57. The lowest BCUT2D eigenvalue weighted by atomic mass is 9.79. The molecule has 1 N–H and O–H groups in total. The van der Waals surface area contributed by atoms with Crippen LogP contribution in [-0.2, 0) is 33.3 Å². The molecular weight excluding hydrogens is 516 g/mol. The van der Waals surface area contributed by atoms with Gasteiger partial charge in [0.25, 0.3) is 0 Å². The van der Waals surface area contributed by atoms with E-state index in [2.05, 4.69) is 5.32 Å². The monoisotopic (exact) mass is 543 g/mol. The van der Waals surface area contributed by atoms with Gasteiger partial charge in [0.2, 0.25) is 17.7 Å². The molecule has 0 aromatic heterocycles. The molecule has 3 amide bonds. The molecule has 0 unspecified atom stereocenters. The summed E-state index contributed by atoms with van der Waals surface area (Å²) in [5.41, 5.74) is -2.44. The summed E-state index contributed by atoms with van der Waals surface area (Å²) in [6.07, 6.45) is -9.76. The zero-order valence-electron chi connectivity index (χ0n) is 20.7. The topological polar surface area (TPSA) is 69.7 Å². The Morgan fingerprint density at radius 1 is 0.974 bits per heavy atom. The number of hydrogen-bond donors (Lipinski definition) is 1. The van der Waals surface area contributed by atoms with Crippen LogP contribution in [0.25, 0.3) is 0 Å². The van der Waals surface area contributed by atoms with E-state index >= 15 is 0 Å². The van der Waals surface area contributed by atoms with Crippen molar-refractivity contribution >= 4 is 17.7 Å². The summed E-state index contributed by atoms with van der Waals surface area (Å²) in [5.74, 6) is -2.29. The van der Waals surface area contributed by atoms with Crippen LogP contribution in [0.2, 0.25) is 0 Å². The van der Waals surface area contributed by atoms with Crippen molar-refractivity contribution in [3.05, 3.63) is 70.8 Å². The standard InChI is InChI=1S/C26H27F6N3O3/c1-16(36)33-13-23(37)35-9-8-21(22(15-35)18-6-4-3-5-7-18)24(38)34(2)14-17-10-19(25(27,28)29)12-20(11-17)26(30,31)32/h3-7,10-12,21-22H,8-9,13-15H2,1-2H3,(H,33,36)/t21-,22+/m1/s1. The van der Waals surface area contributed by atoms with Crippen LogP contribution < -0.4 is 5.32 Å². The zero-order chi connectivity index (χ0) is 28.3. The van der Waals surface area contributed by atoms with Crippen molar-refractivity contribution in [3.8, 4) is 0 Å². The van der Waals surface area contributed by atoms with E-state index in [-0.39, 0.29) is 49.5 Å². The predicted molar refractivity (Wildman–Crippen MR) is 125 cm³/mol. The molecule has 2 aromatic rings. The molecule has 0 aliphatic carbocycles. The first-order valence-electron chi connectivity index (χ1n) is 11.8. The van der Waals surface area contributed by atoms with Crippen molar-refractivity contribution < 1.29 is 40.7 Å². The molecule has 0 bridgehead atoms. The second-order valence-corrected chi connectivity index (χ2v) is 9.27. The van der Waals surface area contributed by atoms with E-state index in [0.29, 0.717) is 12.1 Å². The fourth-order valence-electron chi connectivity index (χ4n) is 4.57. The third kappa shape index (κ3) is 7.26. The van der Waals surface area contributed by atoms with Crippen molar-refractivity contribution in [1.82, 2.24) is 15.1 Å². The molecule has 0 spiro atoms. The number of nitrogens with zero attached hydrogens (tertiary/aromatic N) is 2. The predicted octanol–water partition coefficient (Wildman–Crippen LogP) is 4.45. The van der Waals surface area contributed by atoms with Crippen molar-refractivity contribution in [2.45, 2.75) is 38.2 Å². The second-order valence-electron chi connectivity index (χ2n) is 9.27. The number of rotatable bonds is 6. The Morgan fingerprint density at radius 2 is 1.55 bits per heavy atom. The van der Waals surface area contributed by atoms with Gasteiger partial charge in [-0.1, -0.05) is 30.3 Å². The molecule has 2 aromatic carbocycles. The number of amides is 3. The molecule has 38 heavy (non-hydrogen) atoms. The first-order chi connectivity index (χ1) is 17.7. The SMILES string of the molecule is CC(=O)NCC(=O)N1CC[C@@H](C(=O)N(C)Cc2cc(C(F)(F)F)cc(C(F)(F)F)c2)[C@H](c2ccccc2)C1. The van der Waals surface area contributed by atoms with Gasteiger partial charge < -0.3 is 15.1 Å². The Labute approximate surface area is 215 Å². The Hall–Kier alpha value is -3.57. The zero-order valence-corrected chi connectivity index (χ0v) is 20.7. The Balaban J connectivity index is 1.84. The quantitative estimate of drug-likeness (QED) is 0.548.